The molecule has 126 valence electrons. The van der Waals surface area contributed by atoms with Gasteiger partial charge in [-0.1, -0.05) is 18.6 Å². The van der Waals surface area contributed by atoms with Crippen molar-refractivity contribution < 1.29 is 14.3 Å². The third kappa shape index (κ3) is 3.62. The molecule has 5 nitrogen and oxygen atoms in total. The third-order valence-corrected chi connectivity index (χ3v) is 4.50. The maximum absolute atomic E-state index is 12.4. The molecule has 1 amide bonds. The number of hydrogen-bond donors (Lipinski definition) is 2. The van der Waals surface area contributed by atoms with Crippen molar-refractivity contribution in [1.82, 2.24) is 5.32 Å². The fourth-order valence-electron chi connectivity index (χ4n) is 3.24. The summed E-state index contributed by atoms with van der Waals surface area (Å²) in [5, 5.41) is 3.11. The minimum atomic E-state index is -0.0566. The van der Waals surface area contributed by atoms with E-state index in [0.29, 0.717) is 29.5 Å². The number of para-hydroxylation sites is 1. The van der Waals surface area contributed by atoms with Gasteiger partial charge in [0.25, 0.3) is 5.91 Å². The Balaban J connectivity index is 0.00000192. The number of carbonyl (C=O) groups excluding carboxylic acids is 1. The van der Waals surface area contributed by atoms with Crippen LogP contribution < -0.4 is 20.5 Å². The molecule has 1 heterocycles. The van der Waals surface area contributed by atoms with Gasteiger partial charge in [0, 0.05) is 11.6 Å². The van der Waals surface area contributed by atoms with Crippen molar-refractivity contribution in [1.29, 1.82) is 0 Å². The first-order valence-corrected chi connectivity index (χ1v) is 7.74. The molecule has 2 atom stereocenters. The second-order valence-electron chi connectivity index (χ2n) is 5.84. The van der Waals surface area contributed by atoms with Gasteiger partial charge in [-0.3, -0.25) is 4.79 Å². The number of benzene rings is 1. The predicted molar refractivity (Wildman–Crippen MR) is 92.0 cm³/mol. The normalized spacial score (nSPS) is 22.3. The number of nitrogens with two attached hydrogens (primary N) is 1. The highest BCUT2D eigenvalue weighted by Gasteiger charge is 2.29. The van der Waals surface area contributed by atoms with Crippen molar-refractivity contribution in [3.05, 3.63) is 29.3 Å². The van der Waals surface area contributed by atoms with E-state index in [-0.39, 0.29) is 31.0 Å². The lowest BCUT2D eigenvalue weighted by atomic mass is 10.0. The second-order valence-corrected chi connectivity index (χ2v) is 5.84. The van der Waals surface area contributed by atoms with Crippen LogP contribution in [0.25, 0.3) is 6.08 Å². The number of ether oxygens (including phenoxy) is 2. The minimum absolute atomic E-state index is 0. The number of fused-ring (bicyclic) bond motifs is 1. The van der Waals surface area contributed by atoms with E-state index >= 15 is 0 Å². The molecule has 3 N–H and O–H groups in total. The first-order chi connectivity index (χ1) is 10.7. The minimum Gasteiger partial charge on any atom is -0.493 e. The first-order valence-electron chi connectivity index (χ1n) is 7.74. The van der Waals surface area contributed by atoms with Gasteiger partial charge in [-0.05, 0) is 37.4 Å². The van der Waals surface area contributed by atoms with Crippen molar-refractivity contribution >= 4 is 24.4 Å². The standard InChI is InChI=1S/C17H22N2O3.ClH/c1-21-15-7-3-4-11-8-13(10-22-16(11)15)17(20)19-14-6-2-5-12(14)9-18;/h3-4,7-8,12,14H,2,5-6,9-10,18H2,1H3,(H,19,20);1H. The fourth-order valence-corrected chi connectivity index (χ4v) is 3.24. The molecule has 2 unspecified atom stereocenters. The number of nitrogens with one attached hydrogen (secondary N) is 1. The molecule has 1 aromatic carbocycles. The monoisotopic (exact) mass is 338 g/mol. The van der Waals surface area contributed by atoms with Crippen LogP contribution >= 0.6 is 12.4 Å². The van der Waals surface area contributed by atoms with Crippen LogP contribution in [0.1, 0.15) is 24.8 Å². The smallest absolute Gasteiger partial charge is 0.250 e. The summed E-state index contributed by atoms with van der Waals surface area (Å²) in [6.45, 7) is 0.889. The summed E-state index contributed by atoms with van der Waals surface area (Å²) in [7, 11) is 1.61. The van der Waals surface area contributed by atoms with Gasteiger partial charge in [-0.15, -0.1) is 12.4 Å². The van der Waals surface area contributed by atoms with Gasteiger partial charge in [-0.25, -0.2) is 0 Å². The lowest BCUT2D eigenvalue weighted by Crippen LogP contribution is -2.41. The van der Waals surface area contributed by atoms with Crippen LogP contribution in [0.4, 0.5) is 0 Å². The highest BCUT2D eigenvalue weighted by molar-refractivity contribution is 5.99. The van der Waals surface area contributed by atoms with E-state index in [1.807, 2.05) is 24.3 Å². The number of rotatable bonds is 4. The largest absolute Gasteiger partial charge is 0.493 e. The van der Waals surface area contributed by atoms with Crippen molar-refractivity contribution in [2.24, 2.45) is 11.7 Å². The Bertz CT molecular complexity index is 604. The molecule has 1 fully saturated rings. The maximum atomic E-state index is 12.4. The van der Waals surface area contributed by atoms with Gasteiger partial charge >= 0.3 is 0 Å². The molecule has 0 bridgehead atoms. The topological polar surface area (TPSA) is 73.6 Å². The van der Waals surface area contributed by atoms with Crippen LogP contribution in [0.2, 0.25) is 0 Å². The van der Waals surface area contributed by atoms with E-state index in [9.17, 15) is 4.79 Å². The fraction of sp³-hybridized carbons (Fsp3) is 0.471. The Hall–Kier alpha value is -1.72. The zero-order valence-corrected chi connectivity index (χ0v) is 14.0. The van der Waals surface area contributed by atoms with Gasteiger partial charge in [0.05, 0.1) is 12.7 Å². The van der Waals surface area contributed by atoms with Gasteiger partial charge in [-0.2, -0.15) is 0 Å². The summed E-state index contributed by atoms with van der Waals surface area (Å²) in [6, 6.07) is 5.84. The summed E-state index contributed by atoms with van der Waals surface area (Å²) < 4.78 is 11.0. The first kappa shape index (κ1) is 17.6. The number of carbonyl (C=O) groups is 1. The van der Waals surface area contributed by atoms with Crippen LogP contribution in [0, 0.1) is 5.92 Å². The highest BCUT2D eigenvalue weighted by atomic mass is 35.5. The van der Waals surface area contributed by atoms with Gasteiger partial charge in [0.15, 0.2) is 11.5 Å². The van der Waals surface area contributed by atoms with E-state index in [0.717, 1.165) is 24.8 Å². The Morgan fingerprint density at radius 2 is 2.26 bits per heavy atom. The Morgan fingerprint density at radius 1 is 1.43 bits per heavy atom. The predicted octanol–water partition coefficient (Wildman–Crippen LogP) is 2.14. The zero-order chi connectivity index (χ0) is 15.5. The average molecular weight is 339 g/mol. The Labute approximate surface area is 142 Å². The lowest BCUT2D eigenvalue weighted by Gasteiger charge is -2.23. The molecular formula is C17H23ClN2O3. The van der Waals surface area contributed by atoms with Crippen LogP contribution in [-0.2, 0) is 4.79 Å². The summed E-state index contributed by atoms with van der Waals surface area (Å²) in [5.41, 5.74) is 7.28. The van der Waals surface area contributed by atoms with Gasteiger partial charge < -0.3 is 20.5 Å². The number of hydrogen-bond acceptors (Lipinski definition) is 4. The molecule has 0 radical (unpaired) electrons. The Morgan fingerprint density at radius 3 is 3.00 bits per heavy atom. The Kier molecular flexibility index (Phi) is 5.91. The number of halogens is 1. The van der Waals surface area contributed by atoms with Crippen LogP contribution in [0.15, 0.2) is 23.8 Å². The summed E-state index contributed by atoms with van der Waals surface area (Å²) in [6.07, 6.45) is 5.11. The molecule has 1 saturated carbocycles. The summed E-state index contributed by atoms with van der Waals surface area (Å²) >= 11 is 0. The van der Waals surface area contributed by atoms with Crippen LogP contribution in [0.3, 0.4) is 0 Å². The van der Waals surface area contributed by atoms with E-state index in [4.69, 9.17) is 15.2 Å². The molecule has 23 heavy (non-hydrogen) atoms. The highest BCUT2D eigenvalue weighted by Crippen LogP contribution is 2.35. The van der Waals surface area contributed by atoms with Gasteiger partial charge in [0.1, 0.15) is 6.61 Å². The van der Waals surface area contributed by atoms with E-state index in [2.05, 4.69) is 5.32 Å². The van der Waals surface area contributed by atoms with E-state index in [1.54, 1.807) is 7.11 Å². The lowest BCUT2D eigenvalue weighted by molar-refractivity contribution is -0.118. The number of methoxy groups -OCH3 is 1. The van der Waals surface area contributed by atoms with E-state index < -0.39 is 0 Å². The van der Waals surface area contributed by atoms with Crippen LogP contribution in [-0.4, -0.2) is 32.2 Å². The second kappa shape index (κ2) is 7.70. The van der Waals surface area contributed by atoms with Crippen LogP contribution in [0.5, 0.6) is 11.5 Å². The molecule has 1 aliphatic heterocycles. The molecule has 3 rings (SSSR count). The van der Waals surface area contributed by atoms with Crippen molar-refractivity contribution in [2.45, 2.75) is 25.3 Å². The SMILES string of the molecule is COc1cccc2c1OCC(C(=O)NC1CCCC1CN)=C2.Cl. The molecule has 0 saturated heterocycles. The summed E-state index contributed by atoms with van der Waals surface area (Å²) in [4.78, 5) is 12.4. The molecule has 0 spiro atoms. The molecule has 1 aromatic rings. The van der Waals surface area contributed by atoms with Crippen molar-refractivity contribution in [2.75, 3.05) is 20.3 Å². The van der Waals surface area contributed by atoms with Crippen molar-refractivity contribution in [3.8, 4) is 11.5 Å². The van der Waals surface area contributed by atoms with Crippen molar-refractivity contribution in [3.63, 3.8) is 0 Å². The third-order valence-electron chi connectivity index (χ3n) is 4.50. The molecule has 0 aromatic heterocycles. The van der Waals surface area contributed by atoms with E-state index in [1.165, 1.54) is 0 Å². The quantitative estimate of drug-likeness (QED) is 0.882. The molecule has 1 aliphatic carbocycles. The zero-order valence-electron chi connectivity index (χ0n) is 13.2. The maximum Gasteiger partial charge on any atom is 0.250 e. The van der Waals surface area contributed by atoms with Gasteiger partial charge in [0.2, 0.25) is 0 Å². The molecular weight excluding hydrogens is 316 g/mol. The molecule has 2 aliphatic rings. The summed E-state index contributed by atoms with van der Waals surface area (Å²) in [5.74, 6) is 1.72. The molecule has 6 heteroatoms. The average Bonchev–Trinajstić information content (AvgIpc) is 3.00. The number of amides is 1.